The van der Waals surface area contributed by atoms with E-state index in [1.54, 1.807) is 30.1 Å². The van der Waals surface area contributed by atoms with Crippen LogP contribution >= 0.6 is 0 Å². The summed E-state index contributed by atoms with van der Waals surface area (Å²) < 4.78 is 21.4. The number of hydrogen-bond donors (Lipinski definition) is 1. The number of ether oxygens (including phenoxy) is 3. The van der Waals surface area contributed by atoms with Gasteiger partial charge in [-0.25, -0.2) is 14.5 Å². The van der Waals surface area contributed by atoms with E-state index < -0.39 is 11.7 Å². The lowest BCUT2D eigenvalue weighted by atomic mass is 10.1. The molecule has 1 N–H and O–H groups in total. The first-order valence-corrected chi connectivity index (χ1v) is 14.5. The standard InChI is InChI=1S/C31H39N7O5/c1-20-17-21-18-24(33-20)22-19-32-37(6)28(22)42-15-9-7-8-13-38-26-23(34-29(38)35-27(21)39)11-10-12-25(26)41-16-14-36(5)30(40)43-31(2,3)4/h10-12,17-19H,7-9,13-16H2,1-6H3,(H,34,35,39). The number of fused-ring (bicyclic) bond motifs is 7. The summed E-state index contributed by atoms with van der Waals surface area (Å²) in [4.78, 5) is 36.9. The van der Waals surface area contributed by atoms with Crippen LogP contribution in [0.4, 0.5) is 10.7 Å². The van der Waals surface area contributed by atoms with Crippen molar-refractivity contribution in [1.82, 2.24) is 29.2 Å². The SMILES string of the molecule is Cc1cc2cc(n1)-c1cnn(C)c1OCCCCCn1c(nc3cccc(OCCN(C)C(=O)OC(C)(C)C)c31)NC2=O. The van der Waals surface area contributed by atoms with Gasteiger partial charge in [0.05, 0.1) is 36.1 Å². The van der Waals surface area contributed by atoms with Crippen molar-refractivity contribution in [3.05, 3.63) is 47.8 Å². The first-order valence-electron chi connectivity index (χ1n) is 14.5. The third kappa shape index (κ3) is 6.90. The molecule has 0 spiro atoms. The zero-order chi connectivity index (χ0) is 30.7. The Balaban J connectivity index is 1.43. The number of imidazole rings is 1. The molecule has 0 unspecified atom stereocenters. The lowest BCUT2D eigenvalue weighted by molar-refractivity contribution is 0.0278. The van der Waals surface area contributed by atoms with Crippen LogP contribution in [0.15, 0.2) is 36.5 Å². The van der Waals surface area contributed by atoms with Crippen LogP contribution < -0.4 is 14.8 Å². The second kappa shape index (κ2) is 12.3. The van der Waals surface area contributed by atoms with Crippen LogP contribution in [0.2, 0.25) is 0 Å². The summed E-state index contributed by atoms with van der Waals surface area (Å²) in [7, 11) is 3.51. The number of carbonyl (C=O) groups is 2. The Labute approximate surface area is 250 Å². The van der Waals surface area contributed by atoms with Gasteiger partial charge in [0, 0.05) is 31.9 Å². The first-order chi connectivity index (χ1) is 20.5. The van der Waals surface area contributed by atoms with Crippen LogP contribution in [-0.2, 0) is 18.3 Å². The number of amides is 2. The molecule has 43 heavy (non-hydrogen) atoms. The monoisotopic (exact) mass is 589 g/mol. The number of anilines is 1. The van der Waals surface area contributed by atoms with Crippen molar-refractivity contribution in [1.29, 1.82) is 0 Å². The minimum absolute atomic E-state index is 0.257. The van der Waals surface area contributed by atoms with Gasteiger partial charge in [-0.1, -0.05) is 6.07 Å². The van der Waals surface area contributed by atoms with Crippen molar-refractivity contribution in [2.75, 3.05) is 32.1 Å². The van der Waals surface area contributed by atoms with E-state index >= 15 is 0 Å². The maximum atomic E-state index is 13.6. The highest BCUT2D eigenvalue weighted by Crippen LogP contribution is 2.32. The molecule has 2 amide bonds. The number of carbonyl (C=O) groups excluding carboxylic acids is 2. The third-order valence-corrected chi connectivity index (χ3v) is 6.99. The van der Waals surface area contributed by atoms with E-state index in [-0.39, 0.29) is 12.5 Å². The number of aromatic nitrogens is 5. The Hall–Kier alpha value is -4.61. The van der Waals surface area contributed by atoms with E-state index in [0.717, 1.165) is 30.3 Å². The Morgan fingerprint density at radius 1 is 1.16 bits per heavy atom. The molecule has 0 aliphatic carbocycles. The van der Waals surface area contributed by atoms with Crippen LogP contribution in [0.25, 0.3) is 22.3 Å². The number of nitrogens with one attached hydrogen (secondary N) is 1. The van der Waals surface area contributed by atoms with Gasteiger partial charge in [0.25, 0.3) is 5.91 Å². The van der Waals surface area contributed by atoms with Crippen LogP contribution in [0.1, 0.15) is 56.1 Å². The molecule has 5 rings (SSSR count). The number of pyridine rings is 1. The van der Waals surface area contributed by atoms with Crippen LogP contribution in [0.3, 0.4) is 0 Å². The fourth-order valence-electron chi connectivity index (χ4n) is 4.91. The topological polar surface area (TPSA) is 126 Å². The smallest absolute Gasteiger partial charge is 0.410 e. The van der Waals surface area contributed by atoms with E-state index in [1.807, 2.05) is 57.5 Å². The molecule has 12 nitrogen and oxygen atoms in total. The van der Waals surface area contributed by atoms with Crippen molar-refractivity contribution in [2.24, 2.45) is 7.05 Å². The molecule has 1 aliphatic rings. The number of nitrogens with zero attached hydrogens (tertiary/aromatic N) is 6. The molecule has 0 saturated heterocycles. The second-order valence-electron chi connectivity index (χ2n) is 11.7. The summed E-state index contributed by atoms with van der Waals surface area (Å²) in [5.41, 5.74) is 3.40. The van der Waals surface area contributed by atoms with Gasteiger partial charge in [0.2, 0.25) is 11.8 Å². The van der Waals surface area contributed by atoms with Gasteiger partial charge in [0.15, 0.2) is 0 Å². The second-order valence-corrected chi connectivity index (χ2v) is 11.7. The van der Waals surface area contributed by atoms with Gasteiger partial charge in [-0.3, -0.25) is 15.1 Å². The van der Waals surface area contributed by atoms with Gasteiger partial charge in [0.1, 0.15) is 23.5 Å². The number of benzene rings is 1. The fraction of sp³-hybridized carbons (Fsp3) is 0.452. The summed E-state index contributed by atoms with van der Waals surface area (Å²) >= 11 is 0. The van der Waals surface area contributed by atoms with E-state index in [2.05, 4.69) is 15.4 Å². The van der Waals surface area contributed by atoms with Crippen LogP contribution in [0.5, 0.6) is 11.6 Å². The van der Waals surface area contributed by atoms with Gasteiger partial charge >= 0.3 is 6.09 Å². The lowest BCUT2D eigenvalue weighted by Gasteiger charge is -2.24. The molecule has 0 saturated carbocycles. The average Bonchev–Trinajstić information content (AvgIpc) is 3.48. The van der Waals surface area contributed by atoms with Crippen molar-refractivity contribution in [3.63, 3.8) is 0 Å². The largest absolute Gasteiger partial charge is 0.489 e. The molecular formula is C31H39N7O5. The zero-order valence-corrected chi connectivity index (χ0v) is 25.6. The summed E-state index contributed by atoms with van der Waals surface area (Å²) in [6.07, 6.45) is 3.87. The molecule has 0 atom stereocenters. The Bertz CT molecular complexity index is 1640. The van der Waals surface area contributed by atoms with Gasteiger partial charge in [-0.15, -0.1) is 0 Å². The van der Waals surface area contributed by atoms with Crippen LogP contribution in [-0.4, -0.2) is 73.6 Å². The lowest BCUT2D eigenvalue weighted by Crippen LogP contribution is -2.36. The normalized spacial score (nSPS) is 14.0. The van der Waals surface area contributed by atoms with Crippen molar-refractivity contribution in [3.8, 4) is 22.9 Å². The molecule has 228 valence electrons. The molecule has 3 aromatic heterocycles. The van der Waals surface area contributed by atoms with Gasteiger partial charge < -0.3 is 23.7 Å². The Morgan fingerprint density at radius 2 is 1.98 bits per heavy atom. The molecule has 1 aromatic carbocycles. The van der Waals surface area contributed by atoms with E-state index in [0.29, 0.717) is 59.7 Å². The predicted molar refractivity (Wildman–Crippen MR) is 163 cm³/mol. The summed E-state index contributed by atoms with van der Waals surface area (Å²) in [6.45, 7) is 9.09. The minimum Gasteiger partial charge on any atom is -0.489 e. The molecule has 12 heteroatoms. The minimum atomic E-state index is -0.577. The van der Waals surface area contributed by atoms with E-state index in [1.165, 1.54) is 4.90 Å². The predicted octanol–water partition coefficient (Wildman–Crippen LogP) is 5.20. The third-order valence-electron chi connectivity index (χ3n) is 6.99. The molecule has 0 radical (unpaired) electrons. The molecule has 0 fully saturated rings. The maximum Gasteiger partial charge on any atom is 0.410 e. The molecule has 2 bridgehead atoms. The van der Waals surface area contributed by atoms with Crippen molar-refractivity contribution >= 4 is 29.0 Å². The van der Waals surface area contributed by atoms with Gasteiger partial charge in [-0.2, -0.15) is 5.10 Å². The average molecular weight is 590 g/mol. The zero-order valence-electron chi connectivity index (χ0n) is 25.6. The van der Waals surface area contributed by atoms with E-state index in [9.17, 15) is 9.59 Å². The number of rotatable bonds is 4. The molecule has 4 aromatic rings. The highest BCUT2D eigenvalue weighted by atomic mass is 16.6. The Kier molecular flexibility index (Phi) is 8.56. The van der Waals surface area contributed by atoms with Gasteiger partial charge in [-0.05, 0) is 71.2 Å². The molecular weight excluding hydrogens is 550 g/mol. The highest BCUT2D eigenvalue weighted by molar-refractivity contribution is 6.05. The summed E-state index contributed by atoms with van der Waals surface area (Å²) in [6, 6.07) is 9.13. The first kappa shape index (κ1) is 29.9. The summed E-state index contributed by atoms with van der Waals surface area (Å²) in [5, 5.41) is 7.39. The number of likely N-dealkylation sites (N-methyl/N-ethyl adjacent to an activating group) is 1. The quantitative estimate of drug-likeness (QED) is 0.344. The number of para-hydroxylation sites is 1. The number of aryl methyl sites for hydroxylation is 3. The summed E-state index contributed by atoms with van der Waals surface area (Å²) in [5.74, 6) is 1.38. The van der Waals surface area contributed by atoms with E-state index in [4.69, 9.17) is 19.2 Å². The fourth-order valence-corrected chi connectivity index (χ4v) is 4.91. The highest BCUT2D eigenvalue weighted by Gasteiger charge is 2.22. The van der Waals surface area contributed by atoms with Crippen molar-refractivity contribution in [2.45, 2.75) is 59.1 Å². The van der Waals surface area contributed by atoms with Crippen molar-refractivity contribution < 1.29 is 23.8 Å². The molecule has 1 aliphatic heterocycles. The maximum absolute atomic E-state index is 13.6. The number of hydrogen-bond acceptors (Lipinski definition) is 8. The van der Waals surface area contributed by atoms with Crippen LogP contribution in [0, 0.1) is 6.92 Å². The molecule has 4 heterocycles. The Morgan fingerprint density at radius 3 is 2.77 bits per heavy atom.